The van der Waals surface area contributed by atoms with Crippen LogP contribution >= 0.6 is 15.9 Å². The molecule has 0 amide bonds. The molecule has 1 heterocycles. The second kappa shape index (κ2) is 5.64. The second-order valence-electron chi connectivity index (χ2n) is 4.19. The topological polar surface area (TPSA) is 67.3 Å². The number of anilines is 1. The lowest BCUT2D eigenvalue weighted by molar-refractivity contribution is 0.138. The highest BCUT2D eigenvalue weighted by Crippen LogP contribution is 2.26. The number of nitrogens with zero attached hydrogens (tertiary/aromatic N) is 2. The maximum atomic E-state index is 9.70. The fourth-order valence-electron chi connectivity index (χ4n) is 2.06. The van der Waals surface area contributed by atoms with Gasteiger partial charge in [-0.3, -0.25) is 0 Å². The molecule has 2 rings (SSSR count). The smallest absolute Gasteiger partial charge is 0.232 e. The van der Waals surface area contributed by atoms with Gasteiger partial charge in [0.15, 0.2) is 0 Å². The quantitative estimate of drug-likeness (QED) is 0.888. The van der Waals surface area contributed by atoms with E-state index in [1.54, 1.807) is 13.3 Å². The van der Waals surface area contributed by atoms with Gasteiger partial charge in [0.05, 0.1) is 23.9 Å². The molecule has 0 saturated heterocycles. The van der Waals surface area contributed by atoms with Crippen molar-refractivity contribution < 1.29 is 9.84 Å². The lowest BCUT2D eigenvalue weighted by Gasteiger charge is -2.15. The number of halogens is 1. The Hall–Kier alpha value is -0.880. The van der Waals surface area contributed by atoms with E-state index in [1.807, 2.05) is 0 Å². The molecule has 6 heteroatoms. The zero-order chi connectivity index (χ0) is 12.3. The summed E-state index contributed by atoms with van der Waals surface area (Å²) in [6.45, 7) is 0.700. The van der Waals surface area contributed by atoms with Crippen LogP contribution in [-0.4, -0.2) is 34.8 Å². The summed E-state index contributed by atoms with van der Waals surface area (Å²) in [5.41, 5.74) is 0. The number of aromatic nitrogens is 2. The van der Waals surface area contributed by atoms with E-state index in [0.717, 1.165) is 23.7 Å². The Morgan fingerprint density at radius 1 is 1.59 bits per heavy atom. The Morgan fingerprint density at radius 3 is 3.06 bits per heavy atom. The number of aliphatic hydroxyl groups excluding tert-OH is 1. The number of hydrogen-bond acceptors (Lipinski definition) is 5. The average molecular weight is 302 g/mol. The van der Waals surface area contributed by atoms with Gasteiger partial charge in [-0.1, -0.05) is 6.42 Å². The highest BCUT2D eigenvalue weighted by Gasteiger charge is 2.24. The minimum atomic E-state index is -0.195. The first kappa shape index (κ1) is 12.6. The van der Waals surface area contributed by atoms with Crippen LogP contribution in [0.5, 0.6) is 5.88 Å². The van der Waals surface area contributed by atoms with Gasteiger partial charge in [0.2, 0.25) is 11.8 Å². The molecule has 1 aromatic heterocycles. The van der Waals surface area contributed by atoms with Crippen LogP contribution in [-0.2, 0) is 0 Å². The molecule has 5 nitrogen and oxygen atoms in total. The van der Waals surface area contributed by atoms with Crippen molar-refractivity contribution in [1.82, 2.24) is 9.97 Å². The predicted octanol–water partition coefficient (Wildman–Crippen LogP) is 1.82. The van der Waals surface area contributed by atoms with Crippen molar-refractivity contribution in [3.8, 4) is 5.88 Å². The molecule has 0 bridgehead atoms. The summed E-state index contributed by atoms with van der Waals surface area (Å²) in [7, 11) is 1.57. The first-order valence-corrected chi connectivity index (χ1v) is 6.48. The molecule has 1 fully saturated rings. The SMILES string of the molecule is COc1nc(NCC2CCCC2O)ncc1Br. The van der Waals surface area contributed by atoms with Gasteiger partial charge in [0.25, 0.3) is 0 Å². The highest BCUT2D eigenvalue weighted by atomic mass is 79.9. The zero-order valence-electron chi connectivity index (χ0n) is 9.69. The van der Waals surface area contributed by atoms with Crippen molar-refractivity contribution in [2.24, 2.45) is 5.92 Å². The fraction of sp³-hybridized carbons (Fsp3) is 0.636. The molecule has 0 aromatic carbocycles. The van der Waals surface area contributed by atoms with Gasteiger partial charge in [-0.25, -0.2) is 4.98 Å². The van der Waals surface area contributed by atoms with Crippen LogP contribution in [0.15, 0.2) is 10.7 Å². The maximum absolute atomic E-state index is 9.70. The van der Waals surface area contributed by atoms with Crippen molar-refractivity contribution in [2.75, 3.05) is 19.0 Å². The van der Waals surface area contributed by atoms with Gasteiger partial charge in [-0.2, -0.15) is 4.98 Å². The number of methoxy groups -OCH3 is 1. The Bertz CT molecular complexity index is 389. The van der Waals surface area contributed by atoms with Gasteiger partial charge in [-0.15, -0.1) is 0 Å². The molecule has 1 aromatic rings. The third-order valence-electron chi connectivity index (χ3n) is 3.05. The second-order valence-corrected chi connectivity index (χ2v) is 5.04. The maximum Gasteiger partial charge on any atom is 0.232 e. The molecule has 1 aliphatic carbocycles. The third kappa shape index (κ3) is 3.07. The van der Waals surface area contributed by atoms with Gasteiger partial charge >= 0.3 is 0 Å². The van der Waals surface area contributed by atoms with E-state index in [2.05, 4.69) is 31.2 Å². The van der Waals surface area contributed by atoms with E-state index in [-0.39, 0.29) is 6.10 Å². The summed E-state index contributed by atoms with van der Waals surface area (Å²) in [6, 6.07) is 0. The Balaban J connectivity index is 1.94. The van der Waals surface area contributed by atoms with Crippen LogP contribution in [0, 0.1) is 5.92 Å². The van der Waals surface area contributed by atoms with Crippen molar-refractivity contribution in [3.63, 3.8) is 0 Å². The van der Waals surface area contributed by atoms with E-state index in [4.69, 9.17) is 4.74 Å². The van der Waals surface area contributed by atoms with Crippen molar-refractivity contribution in [2.45, 2.75) is 25.4 Å². The molecule has 2 N–H and O–H groups in total. The number of ether oxygens (including phenoxy) is 1. The molecular formula is C11H16BrN3O2. The Morgan fingerprint density at radius 2 is 2.41 bits per heavy atom. The van der Waals surface area contributed by atoms with Crippen molar-refractivity contribution in [3.05, 3.63) is 10.7 Å². The summed E-state index contributed by atoms with van der Waals surface area (Å²) in [6.07, 6.45) is 4.51. The van der Waals surface area contributed by atoms with Crippen LogP contribution in [0.25, 0.3) is 0 Å². The summed E-state index contributed by atoms with van der Waals surface area (Å²) >= 11 is 3.30. The van der Waals surface area contributed by atoms with E-state index in [0.29, 0.717) is 24.3 Å². The minimum absolute atomic E-state index is 0.195. The molecule has 0 radical (unpaired) electrons. The predicted molar refractivity (Wildman–Crippen MR) is 68.1 cm³/mol. The van der Waals surface area contributed by atoms with E-state index >= 15 is 0 Å². The van der Waals surface area contributed by atoms with Gasteiger partial charge in [0, 0.05) is 12.5 Å². The van der Waals surface area contributed by atoms with Crippen molar-refractivity contribution in [1.29, 1.82) is 0 Å². The van der Waals surface area contributed by atoms with Crippen LogP contribution < -0.4 is 10.1 Å². The van der Waals surface area contributed by atoms with Crippen LogP contribution in [0.4, 0.5) is 5.95 Å². The first-order valence-electron chi connectivity index (χ1n) is 5.69. The van der Waals surface area contributed by atoms with Gasteiger partial charge in [0.1, 0.15) is 0 Å². The molecule has 2 unspecified atom stereocenters. The molecular weight excluding hydrogens is 286 g/mol. The first-order chi connectivity index (χ1) is 8.20. The van der Waals surface area contributed by atoms with Crippen LogP contribution in [0.3, 0.4) is 0 Å². The van der Waals surface area contributed by atoms with Crippen LogP contribution in [0.1, 0.15) is 19.3 Å². The molecule has 1 aliphatic rings. The zero-order valence-corrected chi connectivity index (χ0v) is 11.3. The van der Waals surface area contributed by atoms with E-state index in [1.165, 1.54) is 0 Å². The fourth-order valence-corrected chi connectivity index (χ4v) is 2.41. The van der Waals surface area contributed by atoms with E-state index in [9.17, 15) is 5.11 Å². The number of nitrogens with one attached hydrogen (secondary N) is 1. The average Bonchev–Trinajstić information content (AvgIpc) is 2.74. The van der Waals surface area contributed by atoms with Crippen LogP contribution in [0.2, 0.25) is 0 Å². The molecule has 17 heavy (non-hydrogen) atoms. The molecule has 0 spiro atoms. The lowest BCUT2D eigenvalue weighted by atomic mass is 10.1. The standard InChI is InChI=1S/C11H16BrN3O2/c1-17-10-8(12)6-14-11(15-10)13-5-7-3-2-4-9(7)16/h6-7,9,16H,2-5H2,1H3,(H,13,14,15). The summed E-state index contributed by atoms with van der Waals surface area (Å²) in [5, 5.41) is 12.8. The molecule has 2 atom stereocenters. The number of aliphatic hydroxyl groups is 1. The molecule has 1 saturated carbocycles. The summed E-state index contributed by atoms with van der Waals surface area (Å²) in [4.78, 5) is 8.35. The normalized spacial score (nSPS) is 23.7. The monoisotopic (exact) mass is 301 g/mol. The summed E-state index contributed by atoms with van der Waals surface area (Å²) in [5.74, 6) is 1.34. The third-order valence-corrected chi connectivity index (χ3v) is 3.59. The highest BCUT2D eigenvalue weighted by molar-refractivity contribution is 9.10. The van der Waals surface area contributed by atoms with Gasteiger partial charge < -0.3 is 15.2 Å². The Kier molecular flexibility index (Phi) is 4.17. The Labute approximate surface area is 109 Å². The summed E-state index contributed by atoms with van der Waals surface area (Å²) < 4.78 is 5.82. The van der Waals surface area contributed by atoms with E-state index < -0.39 is 0 Å². The molecule has 0 aliphatic heterocycles. The lowest BCUT2D eigenvalue weighted by Crippen LogP contribution is -2.22. The number of hydrogen-bond donors (Lipinski definition) is 2. The van der Waals surface area contributed by atoms with Gasteiger partial charge in [-0.05, 0) is 28.8 Å². The number of rotatable bonds is 4. The minimum Gasteiger partial charge on any atom is -0.480 e. The largest absolute Gasteiger partial charge is 0.480 e. The molecule has 94 valence electrons. The van der Waals surface area contributed by atoms with Crippen molar-refractivity contribution >= 4 is 21.9 Å².